The van der Waals surface area contributed by atoms with Gasteiger partial charge in [-0.3, -0.25) is 73.0 Å². The van der Waals surface area contributed by atoms with Crippen LogP contribution in [0.3, 0.4) is 0 Å². The number of esters is 1. The minimum Gasteiger partial charge on any atom is -0.460 e. The van der Waals surface area contributed by atoms with E-state index in [9.17, 15) is 9.36 Å². The summed E-state index contributed by atoms with van der Waals surface area (Å²) >= 11 is 0. The molecule has 0 saturated carbocycles. The van der Waals surface area contributed by atoms with Gasteiger partial charge in [0.15, 0.2) is 0 Å². The molecule has 2 unspecified atom stereocenters. The molecule has 13 aliphatic rings. The molecule has 0 aromatic carbocycles. The molecule has 0 aromatic rings. The van der Waals surface area contributed by atoms with Crippen LogP contribution in [0.4, 0.5) is 0 Å². The van der Waals surface area contributed by atoms with Gasteiger partial charge in [0.05, 0.1) is 19.3 Å². The number of carbonyl (C=O) groups excluding carboxylic acids is 1. The fourth-order valence-electron chi connectivity index (χ4n) is 22.1. The van der Waals surface area contributed by atoms with E-state index in [-0.39, 0.29) is 35.9 Å². The zero-order valence-corrected chi connectivity index (χ0v) is 93.4. The average Bonchev–Trinajstić information content (AvgIpc) is 1.68. The van der Waals surface area contributed by atoms with E-state index in [1.165, 1.54) is 273 Å². The molecule has 0 aromatic heterocycles. The van der Waals surface area contributed by atoms with Gasteiger partial charge in [0.2, 0.25) is 0 Å². The van der Waals surface area contributed by atoms with Crippen LogP contribution in [0.25, 0.3) is 0 Å². The van der Waals surface area contributed by atoms with Crippen molar-refractivity contribution in [1.82, 2.24) is 100 Å². The fraction of sp³-hybridized carbons (Fsp3) is 0.990. The maximum atomic E-state index is 11.6. The van der Waals surface area contributed by atoms with Crippen molar-refractivity contribution in [3.63, 3.8) is 0 Å². The molecule has 0 bridgehead atoms. The molecule has 0 radical (unpaired) electrons. The molecule has 0 spiro atoms. The Labute approximate surface area is 819 Å². The average molecular weight is 1910 g/mol. The molecule has 0 amide bonds. The zero-order valence-electron chi connectivity index (χ0n) is 92.5. The lowest BCUT2D eigenvalue weighted by atomic mass is 9.96. The first-order valence-electron chi connectivity index (χ1n) is 54.1. The number of phosphoric ester groups is 1. The summed E-state index contributed by atoms with van der Waals surface area (Å²) in [6.07, 6.45) is 23.3. The van der Waals surface area contributed by atoms with Gasteiger partial charge in [-0.25, -0.2) is 4.57 Å². The number of carbonyl (C=O) groups is 1. The molecule has 8 N–H and O–H groups in total. The molecule has 6 atom stereocenters. The lowest BCUT2D eigenvalue weighted by Crippen LogP contribution is -2.56. The number of aliphatic hydroxyl groups is 1. The summed E-state index contributed by atoms with van der Waals surface area (Å²) in [5.41, 5.74) is 2.22. The Morgan fingerprint density at radius 3 is 1.08 bits per heavy atom. The normalized spacial score (nSPS) is 27.4. The fourth-order valence-corrected chi connectivity index (χ4v) is 22.7. The number of ether oxygens (including phenoxy) is 1. The summed E-state index contributed by atoms with van der Waals surface area (Å²) in [4.78, 5) is 66.8. The Morgan fingerprint density at radius 1 is 0.361 bits per heavy atom. The van der Waals surface area contributed by atoms with Gasteiger partial charge in [0.25, 0.3) is 0 Å². The second kappa shape index (κ2) is 56.9. The summed E-state index contributed by atoms with van der Waals surface area (Å²) in [6.45, 7) is 100. The predicted molar refractivity (Wildman–Crippen MR) is 562 cm³/mol. The van der Waals surface area contributed by atoms with Crippen LogP contribution in [-0.4, -0.2) is 462 Å². The number of likely N-dealkylation sites (N-methyl/N-ethyl adjacent to an activating group) is 2. The maximum Gasteiger partial charge on any atom is 0.469 e. The van der Waals surface area contributed by atoms with E-state index in [1.807, 2.05) is 19.0 Å². The predicted octanol–water partition coefficient (Wildman–Crippen LogP) is 12.0. The molecule has 28 heteroatoms. The van der Waals surface area contributed by atoms with Crippen molar-refractivity contribution in [3.8, 4) is 0 Å². The quantitative estimate of drug-likeness (QED) is 0.0598. The molecule has 133 heavy (non-hydrogen) atoms. The van der Waals surface area contributed by atoms with Crippen LogP contribution in [-0.2, 0) is 18.6 Å². The highest BCUT2D eigenvalue weighted by Crippen LogP contribution is 2.40. The smallest absolute Gasteiger partial charge is 0.460 e. The number of aliphatic hydroxyl groups excluding tert-OH is 1. The van der Waals surface area contributed by atoms with E-state index in [1.54, 1.807) is 0 Å². The number of piperazine rings is 2. The van der Waals surface area contributed by atoms with E-state index in [4.69, 9.17) is 24.2 Å². The lowest BCUT2D eigenvalue weighted by Gasteiger charge is -2.45. The third-order valence-electron chi connectivity index (χ3n) is 31.1. The monoisotopic (exact) mass is 1900 g/mol. The zero-order chi connectivity index (χ0) is 99.1. The van der Waals surface area contributed by atoms with Gasteiger partial charge in [0, 0.05) is 268 Å². The Kier molecular flexibility index (Phi) is 51.5. The van der Waals surface area contributed by atoms with Gasteiger partial charge in [-0.05, 0) is 383 Å². The van der Waals surface area contributed by atoms with E-state index in [0.29, 0.717) is 70.5 Å². The number of hydrogen-bond acceptors (Lipinski definition) is 25. The number of rotatable bonds is 14. The molecular weight excluding hydrogens is 1680 g/mol. The highest BCUT2D eigenvalue weighted by molar-refractivity contribution is 7.46. The van der Waals surface area contributed by atoms with Crippen molar-refractivity contribution in [3.05, 3.63) is 0 Å². The van der Waals surface area contributed by atoms with E-state index in [0.717, 1.165) is 88.1 Å². The van der Waals surface area contributed by atoms with Crippen LogP contribution < -0.4 is 26.6 Å². The van der Waals surface area contributed by atoms with Gasteiger partial charge in [-0.2, -0.15) is 0 Å². The highest BCUT2D eigenvalue weighted by Gasteiger charge is 2.40. The molecular formula is C105H219N20O7P. The summed E-state index contributed by atoms with van der Waals surface area (Å²) in [5.74, 6) is -0.115. The summed E-state index contributed by atoms with van der Waals surface area (Å²) in [7, 11) is 3.77. The number of likely N-dealkylation sites (tertiary alicyclic amines) is 9. The summed E-state index contributed by atoms with van der Waals surface area (Å²) in [5, 5.41) is 26.9. The molecule has 13 fully saturated rings. The molecule has 13 rings (SSSR count). The van der Waals surface area contributed by atoms with Crippen LogP contribution in [0.15, 0.2) is 0 Å². The SMILES string of the molecule is CC(C)(C)N1CCC(N2CCCNCC2)CC1.CC(C)(C)N1CCC[C@H](OP(=O)(O)O)C1.CC1CCN(C2CCN(C(C)(C)C)CC2)CCN1.CN(C)CC(=O)O[C@H]1CCCN(C(C)(C)C)C1.CN(CCO)C1CCN(C(C)(C)C)CC1.CN1CCC(NC2CCN(C(C)(C)C)C2)CC1.C[C@@H]1CN(C2CCN(C(C)(C)C)CC2)CCN1.C[C@H]1CN(C2CCN(C(C)(C)C)CC2)CCN1. The summed E-state index contributed by atoms with van der Waals surface area (Å²) in [6, 6.07) is 7.52. The first kappa shape index (κ1) is 120. The Morgan fingerprint density at radius 2 is 0.699 bits per heavy atom. The number of nitrogens with zero attached hydrogens (tertiary/aromatic N) is 15. The number of phosphoric acid groups is 1. The second-order valence-electron chi connectivity index (χ2n) is 50.6. The Bertz CT molecular complexity index is 3030. The van der Waals surface area contributed by atoms with Gasteiger partial charge >= 0.3 is 13.8 Å². The molecule has 786 valence electrons. The number of hydrogen-bond donors (Lipinski definition) is 8. The molecule has 27 nitrogen and oxygen atoms in total. The molecule has 0 aliphatic carbocycles. The molecule has 13 aliphatic heterocycles. The third kappa shape index (κ3) is 46.6. The van der Waals surface area contributed by atoms with Crippen molar-refractivity contribution < 1.29 is 33.5 Å². The van der Waals surface area contributed by atoms with Crippen molar-refractivity contribution in [2.24, 2.45) is 0 Å². The van der Waals surface area contributed by atoms with Crippen LogP contribution in [0.2, 0.25) is 0 Å². The van der Waals surface area contributed by atoms with Gasteiger partial charge < -0.3 is 56.0 Å². The van der Waals surface area contributed by atoms with Crippen LogP contribution in [0, 0.1) is 0 Å². The highest BCUT2D eigenvalue weighted by atomic mass is 31.2. The maximum absolute atomic E-state index is 11.6. The van der Waals surface area contributed by atoms with E-state index < -0.39 is 7.82 Å². The third-order valence-corrected chi connectivity index (χ3v) is 31.7. The Balaban J connectivity index is 0.000000234. The van der Waals surface area contributed by atoms with Gasteiger partial charge in [0.1, 0.15) is 6.10 Å². The van der Waals surface area contributed by atoms with Gasteiger partial charge in [-0.1, -0.05) is 0 Å². The van der Waals surface area contributed by atoms with E-state index >= 15 is 0 Å². The topological polar surface area (TPSA) is 222 Å². The number of nitrogens with one attached hydrogen (secondary N) is 5. The minimum atomic E-state index is -4.34. The van der Waals surface area contributed by atoms with Crippen LogP contribution in [0.1, 0.15) is 309 Å². The second-order valence-corrected chi connectivity index (χ2v) is 51.8. The standard InChI is InChI=1S/C15H31N3.4C14H29N3.C13H26N2O2.C12H26N2O.C9H20NO4P/c1-13-5-9-17(12-8-16-13)14-6-10-18(11-7-14)15(2,3)4;1-14(2,3)17-10-7-13(11-17)15-12-5-8-16(4)9-6-12;2*1-12-11-16(10-7-15-12)13-5-8-17(9-6-13)14(2,3)4;1-14(2,3)17-10-5-13(6-11-17)16-9-4-7-15-8-12-16;1-13(2,3)15-8-6-7-11(9-15)17-12(16)10-14(4)5;1-12(2,3)14-7-5-11(6-8-14)13(4)9-10-15;1-9(2,3)10-6-4-5-8(7-10)14-15(11,12)13/h13-14,16H,5-12H2,1-4H3;3*12-13,15H,5-11H2,1-4H3;13,15H,4-12H2,1-3H3;11H,6-10H2,1-5H3;11,15H,5-10H2,1-4H3;8H,4-7H2,1-3H3,(H2,11,12,13)/t;;2*12-;;11-;;8-/m..10.0.0/s1. The first-order valence-corrected chi connectivity index (χ1v) is 55.6. The molecule has 13 saturated heterocycles. The first-order chi connectivity index (χ1) is 61.8. The summed E-state index contributed by atoms with van der Waals surface area (Å²) < 4.78 is 20.9. The molecule has 13 heterocycles. The van der Waals surface area contributed by atoms with Crippen molar-refractivity contribution >= 4 is 13.8 Å². The van der Waals surface area contributed by atoms with Crippen molar-refractivity contribution in [1.29, 1.82) is 0 Å². The van der Waals surface area contributed by atoms with Crippen LogP contribution >= 0.6 is 7.82 Å². The van der Waals surface area contributed by atoms with Crippen molar-refractivity contribution in [2.75, 3.05) is 251 Å². The Hall–Kier alpha value is -1.26. The number of piperidine rings is 8. The van der Waals surface area contributed by atoms with Crippen LogP contribution in [0.5, 0.6) is 0 Å². The lowest BCUT2D eigenvalue weighted by molar-refractivity contribution is -0.153. The van der Waals surface area contributed by atoms with Gasteiger partial charge in [-0.15, -0.1) is 0 Å². The largest absolute Gasteiger partial charge is 0.469 e. The minimum absolute atomic E-state index is 0.0247. The van der Waals surface area contributed by atoms with Crippen molar-refractivity contribution in [2.45, 2.75) is 426 Å². The van der Waals surface area contributed by atoms with E-state index in [2.05, 4.69) is 296 Å².